The predicted molar refractivity (Wildman–Crippen MR) is 136 cm³/mol. The molecule has 202 valence electrons. The number of pyridine rings is 1. The summed E-state index contributed by atoms with van der Waals surface area (Å²) in [7, 11) is 0. The van der Waals surface area contributed by atoms with Crippen LogP contribution >= 0.6 is 0 Å². The Morgan fingerprint density at radius 2 is 1.69 bits per heavy atom. The summed E-state index contributed by atoms with van der Waals surface area (Å²) in [6.45, 7) is 0.158. The zero-order valence-corrected chi connectivity index (χ0v) is 20.0. The minimum Gasteiger partial charge on any atom is -0.502 e. The summed E-state index contributed by atoms with van der Waals surface area (Å²) >= 11 is 0. The maximum Gasteiger partial charge on any atom is 0.416 e. The van der Waals surface area contributed by atoms with E-state index in [1.165, 1.54) is 24.4 Å². The number of hydrazine groups is 1. The van der Waals surface area contributed by atoms with Gasteiger partial charge in [-0.15, -0.1) is 5.10 Å². The summed E-state index contributed by atoms with van der Waals surface area (Å²) in [5, 5.41) is 16.1. The van der Waals surface area contributed by atoms with Gasteiger partial charge in [0.1, 0.15) is 24.7 Å². The van der Waals surface area contributed by atoms with Gasteiger partial charge in [0.15, 0.2) is 11.6 Å². The molecule has 0 unspecified atom stereocenters. The van der Waals surface area contributed by atoms with E-state index in [1.54, 1.807) is 24.3 Å². The Balaban J connectivity index is 1.43. The van der Waals surface area contributed by atoms with Gasteiger partial charge in [-0.05, 0) is 54.1 Å². The normalized spacial score (nSPS) is 11.8. The minimum atomic E-state index is -4.42. The zero-order valence-electron chi connectivity index (χ0n) is 20.0. The highest BCUT2D eigenvalue weighted by molar-refractivity contribution is 5.99. The molecule has 7 N–H and O–H groups in total. The maximum absolute atomic E-state index is 12.6. The van der Waals surface area contributed by atoms with Gasteiger partial charge in [0.05, 0.1) is 5.56 Å². The third-order valence-corrected chi connectivity index (χ3v) is 5.42. The highest BCUT2D eigenvalue weighted by atomic mass is 19.4. The number of ether oxygens (including phenoxy) is 2. The fraction of sp³-hybridized carbons (Fsp3) is 0.120. The van der Waals surface area contributed by atoms with Crippen molar-refractivity contribution < 1.29 is 27.8 Å². The van der Waals surface area contributed by atoms with Gasteiger partial charge in [-0.1, -0.05) is 0 Å². The topological polar surface area (TPSA) is 174 Å². The molecule has 14 heteroatoms. The average molecular weight is 542 g/mol. The second-order valence-electron chi connectivity index (χ2n) is 8.04. The molecule has 4 rings (SSSR count). The molecule has 3 aromatic carbocycles. The van der Waals surface area contributed by atoms with Crippen LogP contribution < -0.4 is 42.8 Å². The van der Waals surface area contributed by atoms with Crippen molar-refractivity contribution in [1.29, 1.82) is 0 Å². The molecule has 39 heavy (non-hydrogen) atoms. The van der Waals surface area contributed by atoms with Crippen molar-refractivity contribution in [1.82, 2.24) is 10.5 Å². The van der Waals surface area contributed by atoms with E-state index in [2.05, 4.69) is 20.9 Å². The number of aromatic hydroxyl groups is 1. The van der Waals surface area contributed by atoms with Gasteiger partial charge in [-0.2, -0.15) is 13.2 Å². The van der Waals surface area contributed by atoms with Crippen LogP contribution in [0.1, 0.15) is 11.1 Å². The van der Waals surface area contributed by atoms with Crippen molar-refractivity contribution >= 4 is 17.2 Å². The van der Waals surface area contributed by atoms with Crippen molar-refractivity contribution in [2.24, 2.45) is 16.7 Å². The molecule has 0 spiro atoms. The van der Waals surface area contributed by atoms with Crippen LogP contribution in [0.2, 0.25) is 0 Å². The van der Waals surface area contributed by atoms with Crippen LogP contribution in [-0.4, -0.2) is 29.1 Å². The lowest BCUT2D eigenvalue weighted by Crippen LogP contribution is -2.32. The quantitative estimate of drug-likeness (QED) is 0.0500. The highest BCUT2D eigenvalue weighted by Crippen LogP contribution is 2.31. The molecule has 4 aromatic rings. The number of halogens is 3. The van der Waals surface area contributed by atoms with Gasteiger partial charge in [0.25, 0.3) is 10.9 Å². The summed E-state index contributed by atoms with van der Waals surface area (Å²) in [6.07, 6.45) is -2.91. The van der Waals surface area contributed by atoms with Crippen LogP contribution in [0.3, 0.4) is 0 Å². The van der Waals surface area contributed by atoms with Crippen LogP contribution in [-0.2, 0) is 6.18 Å². The van der Waals surface area contributed by atoms with Gasteiger partial charge in [0.2, 0.25) is 5.88 Å². The summed E-state index contributed by atoms with van der Waals surface area (Å²) in [5.41, 5.74) is 7.14. The Kier molecular flexibility index (Phi) is 7.67. The zero-order chi connectivity index (χ0) is 28.2. The molecule has 0 saturated carbocycles. The second kappa shape index (κ2) is 11.1. The second-order valence-corrected chi connectivity index (χ2v) is 8.04. The molecule has 0 radical (unpaired) electrons. The van der Waals surface area contributed by atoms with Crippen LogP contribution in [0.4, 0.5) is 24.5 Å². The lowest BCUT2D eigenvalue weighted by atomic mass is 10.0. The van der Waals surface area contributed by atoms with Gasteiger partial charge in [0, 0.05) is 29.1 Å². The van der Waals surface area contributed by atoms with Gasteiger partial charge >= 0.3 is 6.18 Å². The number of anilines is 2. The summed E-state index contributed by atoms with van der Waals surface area (Å²) in [6, 6.07) is 12.5. The first-order valence-corrected chi connectivity index (χ1v) is 11.2. The first kappa shape index (κ1) is 26.9. The molecule has 0 aliphatic rings. The monoisotopic (exact) mass is 542 g/mol. The number of alkyl halides is 3. The van der Waals surface area contributed by atoms with E-state index in [1.807, 2.05) is 0 Å². The summed E-state index contributed by atoms with van der Waals surface area (Å²) in [4.78, 5) is 27.3. The first-order valence-electron chi connectivity index (χ1n) is 11.2. The molecule has 1 heterocycles. The molecule has 0 atom stereocenters. The average Bonchev–Trinajstić information content (AvgIpc) is 2.93. The molecule has 1 aromatic heterocycles. The third kappa shape index (κ3) is 6.24. The van der Waals surface area contributed by atoms with Crippen LogP contribution in [0.5, 0.6) is 17.4 Å². The predicted octanol–water partition coefficient (Wildman–Crippen LogP) is 2.35. The Morgan fingerprint density at radius 3 is 2.31 bits per heavy atom. The Morgan fingerprint density at radius 1 is 0.974 bits per heavy atom. The lowest BCUT2D eigenvalue weighted by molar-refractivity contribution is -0.137. The van der Waals surface area contributed by atoms with Gasteiger partial charge in [-0.25, -0.2) is 16.4 Å². The molecule has 0 amide bonds. The van der Waals surface area contributed by atoms with E-state index < -0.39 is 28.3 Å². The molecule has 0 bridgehead atoms. The summed E-state index contributed by atoms with van der Waals surface area (Å²) < 4.78 is 48.8. The SMILES string of the molecule is NN/N=C(\N)c1cc(Nc2c(O)c(=O)c2=O)cc(-c2ccc(OCCOc3ccc(C(F)(F)F)cc3)nc2)c1. The van der Waals surface area contributed by atoms with E-state index in [0.717, 1.165) is 12.1 Å². The Labute approximate surface area is 218 Å². The van der Waals surface area contributed by atoms with Crippen molar-refractivity contribution in [2.45, 2.75) is 6.18 Å². The number of benzene rings is 2. The van der Waals surface area contributed by atoms with E-state index in [-0.39, 0.29) is 36.4 Å². The lowest BCUT2D eigenvalue weighted by Gasteiger charge is -2.13. The number of rotatable bonds is 10. The van der Waals surface area contributed by atoms with Gasteiger partial charge in [-0.3, -0.25) is 9.59 Å². The molecule has 11 nitrogen and oxygen atoms in total. The number of amidine groups is 1. The minimum absolute atomic E-state index is 0.0255. The molecular weight excluding hydrogens is 521 g/mol. The number of nitrogens with two attached hydrogens (primary N) is 2. The van der Waals surface area contributed by atoms with Crippen LogP contribution in [0, 0.1) is 0 Å². The molecule has 0 aliphatic carbocycles. The van der Waals surface area contributed by atoms with E-state index >= 15 is 0 Å². The number of hydrogen-bond donors (Lipinski definition) is 5. The van der Waals surface area contributed by atoms with Gasteiger partial charge < -0.3 is 25.6 Å². The Hall–Kier alpha value is -5.11. The largest absolute Gasteiger partial charge is 0.502 e. The van der Waals surface area contributed by atoms with Crippen LogP contribution in [0.25, 0.3) is 11.1 Å². The Bertz CT molecular complexity index is 1560. The fourth-order valence-electron chi connectivity index (χ4n) is 3.47. The molecule has 0 saturated heterocycles. The van der Waals surface area contributed by atoms with E-state index in [4.69, 9.17) is 21.1 Å². The first-order chi connectivity index (χ1) is 18.6. The van der Waals surface area contributed by atoms with Crippen molar-refractivity contribution in [3.63, 3.8) is 0 Å². The third-order valence-electron chi connectivity index (χ3n) is 5.42. The van der Waals surface area contributed by atoms with Crippen LogP contribution in [0.15, 0.2) is 75.5 Å². The maximum atomic E-state index is 12.6. The van der Waals surface area contributed by atoms with Crippen molar-refractivity contribution in [2.75, 3.05) is 18.5 Å². The highest BCUT2D eigenvalue weighted by Gasteiger charge is 2.30. The van der Waals surface area contributed by atoms with Crippen molar-refractivity contribution in [3.8, 4) is 28.5 Å². The smallest absolute Gasteiger partial charge is 0.416 e. The molecule has 0 fully saturated rings. The molecular formula is C25H21F3N6O5. The standard InChI is InChI=1S/C25H21F3N6O5/c26-25(27,28)16-2-4-18(5-3-16)38-7-8-39-19-6-1-13(12-31-19)14-9-15(24(29)33-34-30)11-17(10-14)32-20-21(35)23(37)22(20)36/h1-6,9-12,32,34-35H,7-8,30H2,(H2,29,33). The van der Waals surface area contributed by atoms with Crippen molar-refractivity contribution in [3.05, 3.63) is 92.4 Å². The number of hydrogen-bond acceptors (Lipinski definition) is 10. The summed E-state index contributed by atoms with van der Waals surface area (Å²) in [5.74, 6) is 5.11. The number of nitrogens with zero attached hydrogens (tertiary/aromatic N) is 2. The number of hydrazone groups is 1. The fourth-order valence-corrected chi connectivity index (χ4v) is 3.47. The van der Waals surface area contributed by atoms with E-state index in [9.17, 15) is 27.9 Å². The van der Waals surface area contributed by atoms with E-state index in [0.29, 0.717) is 22.4 Å². The number of nitrogens with one attached hydrogen (secondary N) is 2. The number of aromatic nitrogens is 1. The molecule has 0 aliphatic heterocycles.